The quantitative estimate of drug-likeness (QED) is 0.585. The van der Waals surface area contributed by atoms with Gasteiger partial charge >= 0.3 is 5.97 Å². The fourth-order valence-electron chi connectivity index (χ4n) is 3.12. The number of aromatic nitrogens is 4. The molecule has 3 heterocycles. The summed E-state index contributed by atoms with van der Waals surface area (Å²) in [5, 5.41) is 12.3. The van der Waals surface area contributed by atoms with Gasteiger partial charge in [0.15, 0.2) is 5.82 Å². The molecule has 0 atom stereocenters. The number of halogens is 2. The van der Waals surface area contributed by atoms with Crippen molar-refractivity contribution in [3.05, 3.63) is 41.6 Å². The maximum Gasteiger partial charge on any atom is 0.323 e. The lowest BCUT2D eigenvalue weighted by Crippen LogP contribution is -2.56. The monoisotopic (exact) mass is 417 g/mol. The van der Waals surface area contributed by atoms with Gasteiger partial charge in [-0.15, -0.1) is 0 Å². The molecule has 0 aliphatic carbocycles. The minimum Gasteiger partial charge on any atom is -0.480 e. The number of carbonyl (C=O) groups is 1. The first-order valence-electron chi connectivity index (χ1n) is 8.83. The van der Waals surface area contributed by atoms with Crippen molar-refractivity contribution >= 4 is 46.1 Å². The smallest absolute Gasteiger partial charge is 0.323 e. The second-order valence-corrected chi connectivity index (χ2v) is 7.24. The van der Waals surface area contributed by atoms with E-state index in [9.17, 15) is 14.3 Å². The van der Waals surface area contributed by atoms with Gasteiger partial charge in [-0.2, -0.15) is 0 Å². The predicted octanol–water partition coefficient (Wildman–Crippen LogP) is 2.34. The van der Waals surface area contributed by atoms with E-state index in [1.54, 1.807) is 6.20 Å². The zero-order valence-corrected chi connectivity index (χ0v) is 15.9. The third-order valence-corrected chi connectivity index (χ3v) is 5.20. The van der Waals surface area contributed by atoms with Crippen molar-refractivity contribution in [2.45, 2.75) is 18.4 Å². The van der Waals surface area contributed by atoms with E-state index in [2.05, 4.69) is 25.3 Å². The number of hydrogen-bond donors (Lipinski definition) is 3. The average molecular weight is 418 g/mol. The fraction of sp³-hybridized carbons (Fsp3) is 0.278. The van der Waals surface area contributed by atoms with Crippen LogP contribution in [0.15, 0.2) is 30.7 Å². The number of anilines is 3. The summed E-state index contributed by atoms with van der Waals surface area (Å²) in [7, 11) is 0. The molecule has 0 unspecified atom stereocenters. The molecule has 1 fully saturated rings. The van der Waals surface area contributed by atoms with Crippen molar-refractivity contribution in [1.29, 1.82) is 0 Å². The number of fused-ring (bicyclic) bond motifs is 1. The second kappa shape index (κ2) is 7.37. The topological polar surface area (TPSA) is 130 Å². The molecule has 0 saturated carbocycles. The number of aliphatic carboxylic acids is 1. The number of nitrogens with one attached hydrogen (secondary N) is 1. The molecule has 1 aliphatic heterocycles. The Morgan fingerprint density at radius 1 is 1.28 bits per heavy atom. The van der Waals surface area contributed by atoms with Gasteiger partial charge < -0.3 is 21.1 Å². The van der Waals surface area contributed by atoms with Crippen molar-refractivity contribution in [3.8, 4) is 0 Å². The number of rotatable bonds is 4. The molecule has 29 heavy (non-hydrogen) atoms. The number of benzene rings is 1. The summed E-state index contributed by atoms with van der Waals surface area (Å²) in [6.45, 7) is 0.830. The summed E-state index contributed by atoms with van der Waals surface area (Å²) in [5.74, 6) is -0.678. The maximum atomic E-state index is 13.4. The summed E-state index contributed by atoms with van der Waals surface area (Å²) >= 11 is 5.84. The van der Waals surface area contributed by atoms with Gasteiger partial charge in [-0.05, 0) is 31.0 Å². The van der Waals surface area contributed by atoms with E-state index in [1.165, 1.54) is 24.5 Å². The van der Waals surface area contributed by atoms with Crippen LogP contribution in [-0.2, 0) is 4.79 Å². The molecule has 0 bridgehead atoms. The van der Waals surface area contributed by atoms with E-state index in [-0.39, 0.29) is 17.9 Å². The van der Waals surface area contributed by atoms with Crippen LogP contribution in [0.1, 0.15) is 12.8 Å². The Balaban J connectivity index is 1.62. The normalized spacial score (nSPS) is 16.0. The van der Waals surface area contributed by atoms with Crippen LogP contribution in [-0.4, -0.2) is 49.6 Å². The number of carboxylic acid groups (broad SMARTS) is 1. The molecule has 0 radical (unpaired) electrons. The largest absolute Gasteiger partial charge is 0.480 e. The molecule has 11 heteroatoms. The Hall–Kier alpha value is -3.11. The lowest BCUT2D eigenvalue weighted by atomic mass is 9.89. The van der Waals surface area contributed by atoms with Crippen molar-refractivity contribution < 1.29 is 14.3 Å². The maximum absolute atomic E-state index is 13.4. The van der Waals surface area contributed by atoms with Gasteiger partial charge in [0, 0.05) is 18.8 Å². The molecular weight excluding hydrogens is 401 g/mol. The van der Waals surface area contributed by atoms with Gasteiger partial charge in [-0.1, -0.05) is 11.6 Å². The first-order valence-corrected chi connectivity index (χ1v) is 9.20. The van der Waals surface area contributed by atoms with Crippen molar-refractivity contribution in [2.24, 2.45) is 5.73 Å². The van der Waals surface area contributed by atoms with E-state index in [0.717, 1.165) is 0 Å². The molecule has 150 valence electrons. The Labute approximate surface area is 169 Å². The SMILES string of the molecule is NC1(C(=O)O)CCN(c2ncc3ncnc(Nc4ccc(F)c(Cl)c4)c3n2)CC1. The zero-order chi connectivity index (χ0) is 20.6. The number of piperidine rings is 1. The molecule has 3 aromatic rings. The molecule has 0 amide bonds. The highest BCUT2D eigenvalue weighted by molar-refractivity contribution is 6.31. The molecule has 4 N–H and O–H groups in total. The average Bonchev–Trinajstić information content (AvgIpc) is 2.71. The summed E-state index contributed by atoms with van der Waals surface area (Å²) in [6, 6.07) is 4.24. The van der Waals surface area contributed by atoms with E-state index in [4.69, 9.17) is 17.3 Å². The fourth-order valence-corrected chi connectivity index (χ4v) is 3.30. The van der Waals surface area contributed by atoms with Crippen LogP contribution in [0, 0.1) is 5.82 Å². The molecule has 1 aromatic carbocycles. The van der Waals surface area contributed by atoms with Gasteiger partial charge in [0.2, 0.25) is 5.95 Å². The standard InChI is InChI=1S/C18H17ClFN7O2/c19-11-7-10(1-2-12(11)20)25-15-14-13(23-9-24-15)8-22-17(26-14)27-5-3-18(21,4-6-27)16(28)29/h1-2,7-9H,3-6,21H2,(H,28,29)(H,23,24,25). The van der Waals surface area contributed by atoms with Crippen LogP contribution in [0.4, 0.5) is 21.8 Å². The molecule has 1 saturated heterocycles. The highest BCUT2D eigenvalue weighted by atomic mass is 35.5. The van der Waals surface area contributed by atoms with Gasteiger partial charge in [-0.25, -0.2) is 24.3 Å². The summed E-state index contributed by atoms with van der Waals surface area (Å²) in [6.07, 6.45) is 3.52. The summed E-state index contributed by atoms with van der Waals surface area (Å²) in [4.78, 5) is 30.5. The Morgan fingerprint density at radius 3 is 2.72 bits per heavy atom. The van der Waals surface area contributed by atoms with E-state index >= 15 is 0 Å². The Bertz CT molecular complexity index is 1090. The van der Waals surface area contributed by atoms with Crippen LogP contribution < -0.4 is 16.0 Å². The number of carboxylic acids is 1. The van der Waals surface area contributed by atoms with Crippen molar-refractivity contribution in [2.75, 3.05) is 23.3 Å². The number of nitrogens with two attached hydrogens (primary N) is 1. The Kier molecular flexibility index (Phi) is 4.89. The highest BCUT2D eigenvalue weighted by Gasteiger charge is 2.38. The second-order valence-electron chi connectivity index (χ2n) is 6.83. The minimum absolute atomic E-state index is 0.0132. The lowest BCUT2D eigenvalue weighted by molar-refractivity contribution is -0.144. The Morgan fingerprint density at radius 2 is 2.03 bits per heavy atom. The van der Waals surface area contributed by atoms with Crippen LogP contribution >= 0.6 is 11.6 Å². The minimum atomic E-state index is -1.23. The first kappa shape index (κ1) is 19.2. The predicted molar refractivity (Wildman–Crippen MR) is 106 cm³/mol. The van der Waals surface area contributed by atoms with Crippen LogP contribution in [0.3, 0.4) is 0 Å². The van der Waals surface area contributed by atoms with Crippen LogP contribution in [0.5, 0.6) is 0 Å². The van der Waals surface area contributed by atoms with Gasteiger partial charge in [-0.3, -0.25) is 4.79 Å². The van der Waals surface area contributed by atoms with Crippen LogP contribution in [0.2, 0.25) is 5.02 Å². The third-order valence-electron chi connectivity index (χ3n) is 4.91. The van der Waals surface area contributed by atoms with E-state index in [0.29, 0.717) is 41.6 Å². The molecule has 1 aliphatic rings. The lowest BCUT2D eigenvalue weighted by Gasteiger charge is -2.36. The van der Waals surface area contributed by atoms with E-state index < -0.39 is 17.3 Å². The highest BCUT2D eigenvalue weighted by Crippen LogP contribution is 2.27. The first-order chi connectivity index (χ1) is 13.9. The van der Waals surface area contributed by atoms with E-state index in [1.807, 2.05) is 4.90 Å². The third kappa shape index (κ3) is 3.76. The molecule has 4 rings (SSSR count). The zero-order valence-electron chi connectivity index (χ0n) is 15.1. The van der Waals surface area contributed by atoms with Gasteiger partial charge in [0.25, 0.3) is 0 Å². The summed E-state index contributed by atoms with van der Waals surface area (Å²) < 4.78 is 13.4. The molecular formula is C18H17ClFN7O2. The van der Waals surface area contributed by atoms with Crippen LogP contribution in [0.25, 0.3) is 11.0 Å². The number of hydrogen-bond acceptors (Lipinski definition) is 8. The summed E-state index contributed by atoms with van der Waals surface area (Å²) in [5.41, 5.74) is 6.24. The molecule has 9 nitrogen and oxygen atoms in total. The molecule has 0 spiro atoms. The van der Waals surface area contributed by atoms with Crippen molar-refractivity contribution in [1.82, 2.24) is 19.9 Å². The van der Waals surface area contributed by atoms with Gasteiger partial charge in [0.05, 0.1) is 11.2 Å². The molecule has 2 aromatic heterocycles. The number of nitrogens with zero attached hydrogens (tertiary/aromatic N) is 5. The van der Waals surface area contributed by atoms with Crippen molar-refractivity contribution in [3.63, 3.8) is 0 Å². The van der Waals surface area contributed by atoms with Gasteiger partial charge in [0.1, 0.15) is 28.7 Å².